The molecule has 0 aromatic carbocycles. The van der Waals surface area contributed by atoms with Gasteiger partial charge in [-0.2, -0.15) is 0 Å². The number of aromatic nitrogens is 1. The number of oxazole rings is 1. The number of carboxylic acid groups (broad SMARTS) is 1. The lowest BCUT2D eigenvalue weighted by atomic mass is 9.99. The molecule has 98 valence electrons. The molecule has 0 spiro atoms. The highest BCUT2D eigenvalue weighted by molar-refractivity contribution is 5.97. The number of aliphatic carboxylic acids is 1. The lowest BCUT2D eigenvalue weighted by Gasteiger charge is -2.30. The van der Waals surface area contributed by atoms with Crippen molar-refractivity contribution in [3.63, 3.8) is 0 Å². The highest BCUT2D eigenvalue weighted by Gasteiger charge is 2.46. The lowest BCUT2D eigenvalue weighted by Crippen LogP contribution is -2.51. The fourth-order valence-electron chi connectivity index (χ4n) is 2.33. The number of rotatable bonds is 3. The number of hydrogen-bond donors (Lipinski definition) is 1. The first-order valence-corrected chi connectivity index (χ1v) is 5.98. The summed E-state index contributed by atoms with van der Waals surface area (Å²) in [7, 11) is 0. The Morgan fingerprint density at radius 3 is 2.94 bits per heavy atom. The third-order valence-corrected chi connectivity index (χ3v) is 3.51. The van der Waals surface area contributed by atoms with Crippen molar-refractivity contribution in [2.75, 3.05) is 6.54 Å². The van der Waals surface area contributed by atoms with Crippen LogP contribution < -0.4 is 0 Å². The van der Waals surface area contributed by atoms with Crippen molar-refractivity contribution in [3.05, 3.63) is 17.8 Å². The molecule has 2 heterocycles. The summed E-state index contributed by atoms with van der Waals surface area (Å²) in [5.41, 5.74) is -0.909. The second kappa shape index (κ2) is 4.44. The van der Waals surface area contributed by atoms with Crippen molar-refractivity contribution in [3.8, 4) is 0 Å². The van der Waals surface area contributed by atoms with Crippen LogP contribution >= 0.6 is 0 Å². The predicted octanol–water partition coefficient (Wildman–Crippen LogP) is 1.32. The molecule has 1 fully saturated rings. The van der Waals surface area contributed by atoms with Crippen LogP contribution in [0.15, 0.2) is 10.8 Å². The van der Waals surface area contributed by atoms with Crippen LogP contribution in [0.2, 0.25) is 0 Å². The van der Waals surface area contributed by atoms with Crippen molar-refractivity contribution < 1.29 is 19.1 Å². The molecule has 6 heteroatoms. The number of hydrogen-bond acceptors (Lipinski definition) is 4. The van der Waals surface area contributed by atoms with E-state index in [-0.39, 0.29) is 11.6 Å². The van der Waals surface area contributed by atoms with Gasteiger partial charge in [0.1, 0.15) is 11.3 Å². The molecule has 1 aromatic rings. The minimum absolute atomic E-state index is 0.229. The Hall–Kier alpha value is -1.85. The van der Waals surface area contributed by atoms with Gasteiger partial charge in [0.2, 0.25) is 0 Å². The zero-order valence-corrected chi connectivity index (χ0v) is 10.5. The zero-order chi connectivity index (χ0) is 13.3. The molecule has 1 aliphatic heterocycles. The van der Waals surface area contributed by atoms with E-state index in [1.165, 1.54) is 11.3 Å². The van der Waals surface area contributed by atoms with E-state index >= 15 is 0 Å². The van der Waals surface area contributed by atoms with E-state index in [9.17, 15) is 14.7 Å². The molecule has 0 saturated carbocycles. The van der Waals surface area contributed by atoms with E-state index < -0.39 is 11.5 Å². The molecular weight excluding hydrogens is 236 g/mol. The molecule has 1 N–H and O–H groups in total. The number of amides is 1. The Labute approximate surface area is 105 Å². The summed E-state index contributed by atoms with van der Waals surface area (Å²) >= 11 is 0. The number of carboxylic acids is 1. The minimum Gasteiger partial charge on any atom is -0.480 e. The van der Waals surface area contributed by atoms with Gasteiger partial charge < -0.3 is 14.4 Å². The molecule has 1 unspecified atom stereocenters. The summed E-state index contributed by atoms with van der Waals surface area (Å²) in [6.45, 7) is 3.88. The molecule has 0 bridgehead atoms. The first-order chi connectivity index (χ1) is 8.50. The molecular formula is C12H16N2O4. The molecule has 1 aliphatic rings. The normalized spacial score (nSPS) is 23.3. The second-order valence-electron chi connectivity index (χ2n) is 4.62. The number of aryl methyl sites for hydroxylation is 1. The monoisotopic (exact) mass is 252 g/mol. The average molecular weight is 252 g/mol. The average Bonchev–Trinajstić information content (AvgIpc) is 2.94. The summed E-state index contributed by atoms with van der Waals surface area (Å²) in [5.74, 6) is -0.836. The van der Waals surface area contributed by atoms with Crippen molar-refractivity contribution in [2.24, 2.45) is 0 Å². The van der Waals surface area contributed by atoms with Crippen molar-refractivity contribution in [2.45, 2.75) is 38.6 Å². The van der Waals surface area contributed by atoms with E-state index in [4.69, 9.17) is 4.42 Å². The third-order valence-electron chi connectivity index (χ3n) is 3.51. The van der Waals surface area contributed by atoms with Crippen molar-refractivity contribution >= 4 is 11.9 Å². The summed E-state index contributed by atoms with van der Waals surface area (Å²) in [5, 5.41) is 9.28. The van der Waals surface area contributed by atoms with Gasteiger partial charge in [-0.3, -0.25) is 4.79 Å². The van der Waals surface area contributed by atoms with E-state index in [0.717, 1.165) is 0 Å². The Balaban J connectivity index is 2.32. The zero-order valence-electron chi connectivity index (χ0n) is 10.5. The van der Waals surface area contributed by atoms with Crippen LogP contribution in [0.4, 0.5) is 0 Å². The maximum Gasteiger partial charge on any atom is 0.329 e. The van der Waals surface area contributed by atoms with Gasteiger partial charge in [-0.05, 0) is 19.8 Å². The van der Waals surface area contributed by atoms with Crippen LogP contribution in [0.25, 0.3) is 0 Å². The Bertz CT molecular complexity index is 482. The quantitative estimate of drug-likeness (QED) is 0.877. The largest absolute Gasteiger partial charge is 0.480 e. The van der Waals surface area contributed by atoms with Gasteiger partial charge in [0.15, 0.2) is 12.1 Å². The molecule has 18 heavy (non-hydrogen) atoms. The van der Waals surface area contributed by atoms with E-state index in [0.29, 0.717) is 31.6 Å². The maximum atomic E-state index is 12.3. The molecule has 1 amide bonds. The minimum atomic E-state index is -1.14. The lowest BCUT2D eigenvalue weighted by molar-refractivity contribution is -0.147. The summed E-state index contributed by atoms with van der Waals surface area (Å²) in [6, 6.07) is 0. The van der Waals surface area contributed by atoms with Crippen LogP contribution in [0.1, 0.15) is 42.9 Å². The summed E-state index contributed by atoms with van der Waals surface area (Å²) in [4.78, 5) is 29.0. The predicted molar refractivity (Wildman–Crippen MR) is 62.2 cm³/mol. The fourth-order valence-corrected chi connectivity index (χ4v) is 2.33. The first kappa shape index (κ1) is 12.6. The number of nitrogens with zero attached hydrogens (tertiary/aromatic N) is 2. The van der Waals surface area contributed by atoms with E-state index in [2.05, 4.69) is 4.98 Å². The highest BCUT2D eigenvalue weighted by atomic mass is 16.4. The number of likely N-dealkylation sites (tertiary alicyclic amines) is 1. The smallest absolute Gasteiger partial charge is 0.329 e. The van der Waals surface area contributed by atoms with Gasteiger partial charge >= 0.3 is 5.97 Å². The topological polar surface area (TPSA) is 83.6 Å². The van der Waals surface area contributed by atoms with Gasteiger partial charge in [-0.15, -0.1) is 0 Å². The molecule has 2 rings (SSSR count). The van der Waals surface area contributed by atoms with Gasteiger partial charge in [-0.1, -0.05) is 6.92 Å². The van der Waals surface area contributed by atoms with Crippen LogP contribution in [0, 0.1) is 0 Å². The molecule has 1 aromatic heterocycles. The standard InChI is InChI=1S/C12H16N2O4/c1-3-8-9(13-7-18-8)10(15)14-6-4-5-12(14,2)11(16)17/h7H,3-6H2,1-2H3,(H,16,17). The maximum absolute atomic E-state index is 12.3. The second-order valence-corrected chi connectivity index (χ2v) is 4.62. The van der Waals surface area contributed by atoms with Crippen LogP contribution in [-0.2, 0) is 11.2 Å². The molecule has 6 nitrogen and oxygen atoms in total. The van der Waals surface area contributed by atoms with E-state index in [1.807, 2.05) is 6.92 Å². The molecule has 1 saturated heterocycles. The Morgan fingerprint density at radius 1 is 1.61 bits per heavy atom. The Kier molecular flexibility index (Phi) is 3.11. The molecule has 0 radical (unpaired) electrons. The summed E-state index contributed by atoms with van der Waals surface area (Å²) in [6.07, 6.45) is 2.93. The third kappa shape index (κ3) is 1.77. The highest BCUT2D eigenvalue weighted by Crippen LogP contribution is 2.31. The molecule has 0 aliphatic carbocycles. The number of carbonyl (C=O) groups excluding carboxylic acids is 1. The first-order valence-electron chi connectivity index (χ1n) is 5.98. The summed E-state index contributed by atoms with van der Waals surface area (Å²) < 4.78 is 5.12. The van der Waals surface area contributed by atoms with Gasteiger partial charge in [-0.25, -0.2) is 9.78 Å². The Morgan fingerprint density at radius 2 is 2.33 bits per heavy atom. The van der Waals surface area contributed by atoms with Gasteiger partial charge in [0.05, 0.1) is 0 Å². The SMILES string of the molecule is CCc1ocnc1C(=O)N1CCCC1(C)C(=O)O. The van der Waals surface area contributed by atoms with Crippen LogP contribution in [0.5, 0.6) is 0 Å². The van der Waals surface area contributed by atoms with E-state index in [1.54, 1.807) is 6.92 Å². The van der Waals surface area contributed by atoms with Crippen LogP contribution in [0.3, 0.4) is 0 Å². The van der Waals surface area contributed by atoms with Gasteiger partial charge in [0.25, 0.3) is 5.91 Å². The van der Waals surface area contributed by atoms with Crippen molar-refractivity contribution in [1.29, 1.82) is 0 Å². The number of carbonyl (C=O) groups is 2. The van der Waals surface area contributed by atoms with Crippen LogP contribution in [-0.4, -0.2) is 39.0 Å². The fraction of sp³-hybridized carbons (Fsp3) is 0.583. The van der Waals surface area contributed by atoms with Gasteiger partial charge in [0, 0.05) is 13.0 Å². The van der Waals surface area contributed by atoms with Crippen molar-refractivity contribution in [1.82, 2.24) is 9.88 Å². The molecule has 1 atom stereocenters.